The molecule has 23 heavy (non-hydrogen) atoms. The quantitative estimate of drug-likeness (QED) is 0.405. The fourth-order valence-corrected chi connectivity index (χ4v) is 3.81. The first-order valence-electron chi connectivity index (χ1n) is 6.85. The van der Waals surface area contributed by atoms with Crippen molar-refractivity contribution in [3.05, 3.63) is 64.7 Å². The molecule has 8 heteroatoms. The molecule has 2 aromatic rings. The van der Waals surface area contributed by atoms with Crippen LogP contribution in [0, 0.1) is 10.1 Å². The zero-order chi connectivity index (χ0) is 16.9. The largest absolute Gasteiger partial charge is 0.269 e. The van der Waals surface area contributed by atoms with Gasteiger partial charge in [0.1, 0.15) is 0 Å². The summed E-state index contributed by atoms with van der Waals surface area (Å²) in [7, 11) is -3.78. The van der Waals surface area contributed by atoms with Crippen molar-refractivity contribution in [2.24, 2.45) is 0 Å². The van der Waals surface area contributed by atoms with Crippen LogP contribution < -0.4 is 4.31 Å². The van der Waals surface area contributed by atoms with E-state index in [9.17, 15) is 18.5 Å². The molecule has 0 bridgehead atoms. The number of nitro groups is 1. The molecule has 122 valence electrons. The SMILES string of the molecule is O=[N+]([O-])c1ccc(S(=O)(=O)N(CCCBr)c2ccccc2)cc1. The molecule has 0 amide bonds. The van der Waals surface area contributed by atoms with Crippen LogP contribution in [-0.2, 0) is 10.0 Å². The van der Waals surface area contributed by atoms with Gasteiger partial charge in [-0.15, -0.1) is 0 Å². The lowest BCUT2D eigenvalue weighted by Gasteiger charge is -2.24. The molecular formula is C15H15BrN2O4S. The van der Waals surface area contributed by atoms with E-state index in [-0.39, 0.29) is 10.6 Å². The Morgan fingerprint density at radius 1 is 1.04 bits per heavy atom. The molecule has 0 unspecified atom stereocenters. The van der Waals surface area contributed by atoms with Gasteiger partial charge < -0.3 is 0 Å². The zero-order valence-corrected chi connectivity index (χ0v) is 14.5. The predicted molar refractivity (Wildman–Crippen MR) is 92.5 cm³/mol. The van der Waals surface area contributed by atoms with E-state index < -0.39 is 14.9 Å². The van der Waals surface area contributed by atoms with Crippen LogP contribution in [0.2, 0.25) is 0 Å². The number of halogens is 1. The molecule has 0 saturated heterocycles. The predicted octanol–water partition coefficient (Wildman–Crippen LogP) is 3.58. The summed E-state index contributed by atoms with van der Waals surface area (Å²) in [5, 5.41) is 11.4. The minimum atomic E-state index is -3.78. The van der Waals surface area contributed by atoms with E-state index in [0.717, 1.165) is 0 Å². The normalized spacial score (nSPS) is 11.2. The minimum Gasteiger partial charge on any atom is -0.266 e. The molecule has 0 aliphatic carbocycles. The molecule has 0 aliphatic heterocycles. The van der Waals surface area contributed by atoms with Gasteiger partial charge in [0.2, 0.25) is 0 Å². The van der Waals surface area contributed by atoms with Crippen molar-refractivity contribution in [1.29, 1.82) is 0 Å². The third-order valence-electron chi connectivity index (χ3n) is 3.17. The summed E-state index contributed by atoms with van der Waals surface area (Å²) < 4.78 is 27.0. The Hall–Kier alpha value is -1.93. The van der Waals surface area contributed by atoms with Gasteiger partial charge in [0, 0.05) is 24.0 Å². The maximum Gasteiger partial charge on any atom is 0.269 e. The molecule has 0 radical (unpaired) electrons. The Balaban J connectivity index is 2.41. The lowest BCUT2D eigenvalue weighted by Crippen LogP contribution is -2.32. The molecular weight excluding hydrogens is 384 g/mol. The van der Waals surface area contributed by atoms with Crippen LogP contribution in [0.25, 0.3) is 0 Å². The Morgan fingerprint density at radius 3 is 2.17 bits per heavy atom. The van der Waals surface area contributed by atoms with Crippen LogP contribution in [0.5, 0.6) is 0 Å². The second-order valence-electron chi connectivity index (χ2n) is 4.71. The van der Waals surface area contributed by atoms with Crippen molar-refractivity contribution in [1.82, 2.24) is 0 Å². The summed E-state index contributed by atoms with van der Waals surface area (Å²) in [5.74, 6) is 0. The fourth-order valence-electron chi connectivity index (χ4n) is 2.05. The van der Waals surface area contributed by atoms with Crippen LogP contribution in [0.3, 0.4) is 0 Å². The topological polar surface area (TPSA) is 80.5 Å². The highest BCUT2D eigenvalue weighted by molar-refractivity contribution is 9.09. The van der Waals surface area contributed by atoms with Gasteiger partial charge in [-0.2, -0.15) is 0 Å². The van der Waals surface area contributed by atoms with E-state index in [1.54, 1.807) is 24.3 Å². The lowest BCUT2D eigenvalue weighted by atomic mass is 10.3. The number of benzene rings is 2. The van der Waals surface area contributed by atoms with Crippen LogP contribution in [0.1, 0.15) is 6.42 Å². The monoisotopic (exact) mass is 398 g/mol. The van der Waals surface area contributed by atoms with Crippen LogP contribution >= 0.6 is 15.9 Å². The molecule has 2 aromatic carbocycles. The molecule has 0 fully saturated rings. The van der Waals surface area contributed by atoms with Crippen molar-refractivity contribution in [2.45, 2.75) is 11.3 Å². The van der Waals surface area contributed by atoms with Crippen molar-refractivity contribution in [3.63, 3.8) is 0 Å². The van der Waals surface area contributed by atoms with Crippen molar-refractivity contribution in [2.75, 3.05) is 16.2 Å². The molecule has 2 rings (SSSR count). The van der Waals surface area contributed by atoms with Crippen LogP contribution in [-0.4, -0.2) is 25.2 Å². The summed E-state index contributed by atoms with van der Waals surface area (Å²) in [6, 6.07) is 13.7. The van der Waals surface area contributed by atoms with Gasteiger partial charge in [0.05, 0.1) is 15.5 Å². The van der Waals surface area contributed by atoms with Gasteiger partial charge in [-0.3, -0.25) is 14.4 Å². The Bertz CT molecular complexity index is 764. The van der Waals surface area contributed by atoms with E-state index in [1.165, 1.54) is 28.6 Å². The first-order chi connectivity index (χ1) is 11.0. The average molecular weight is 399 g/mol. The Kier molecular flexibility index (Phi) is 5.73. The fraction of sp³-hybridized carbons (Fsp3) is 0.200. The molecule has 0 aromatic heterocycles. The third kappa shape index (κ3) is 4.08. The summed E-state index contributed by atoms with van der Waals surface area (Å²) in [6.45, 7) is 0.314. The number of para-hydroxylation sites is 1. The Labute approximate surface area is 143 Å². The Morgan fingerprint density at radius 2 is 1.65 bits per heavy atom. The number of sulfonamides is 1. The zero-order valence-electron chi connectivity index (χ0n) is 12.1. The van der Waals surface area contributed by atoms with E-state index in [2.05, 4.69) is 15.9 Å². The molecule has 0 aliphatic rings. The molecule has 0 saturated carbocycles. The maximum atomic E-state index is 12.9. The van der Waals surface area contributed by atoms with Crippen LogP contribution in [0.4, 0.5) is 11.4 Å². The number of nitrogens with zero attached hydrogens (tertiary/aromatic N) is 2. The highest BCUT2D eigenvalue weighted by Crippen LogP contribution is 2.25. The van der Waals surface area contributed by atoms with Gasteiger partial charge in [-0.1, -0.05) is 34.1 Å². The van der Waals surface area contributed by atoms with E-state index in [1.807, 2.05) is 6.07 Å². The number of hydrogen-bond donors (Lipinski definition) is 0. The smallest absolute Gasteiger partial charge is 0.266 e. The molecule has 0 atom stereocenters. The highest BCUT2D eigenvalue weighted by Gasteiger charge is 2.25. The average Bonchev–Trinajstić information content (AvgIpc) is 2.56. The van der Waals surface area contributed by atoms with Gasteiger partial charge in [0.15, 0.2) is 0 Å². The number of rotatable bonds is 7. The van der Waals surface area contributed by atoms with E-state index >= 15 is 0 Å². The second kappa shape index (κ2) is 7.56. The number of non-ortho nitro benzene ring substituents is 1. The summed E-state index contributed by atoms with van der Waals surface area (Å²) >= 11 is 3.30. The van der Waals surface area contributed by atoms with E-state index in [4.69, 9.17) is 0 Å². The van der Waals surface area contributed by atoms with E-state index in [0.29, 0.717) is 24.0 Å². The molecule has 0 N–H and O–H groups in total. The van der Waals surface area contributed by atoms with Gasteiger partial charge in [0.25, 0.3) is 15.7 Å². The van der Waals surface area contributed by atoms with Crippen molar-refractivity contribution in [3.8, 4) is 0 Å². The summed E-state index contributed by atoms with van der Waals surface area (Å²) in [4.78, 5) is 10.2. The molecule has 0 spiro atoms. The number of alkyl halides is 1. The summed E-state index contributed by atoms with van der Waals surface area (Å²) in [5.41, 5.74) is 0.419. The number of hydrogen-bond acceptors (Lipinski definition) is 4. The number of anilines is 1. The van der Waals surface area contributed by atoms with Crippen molar-refractivity contribution >= 4 is 37.3 Å². The third-order valence-corrected chi connectivity index (χ3v) is 5.58. The van der Waals surface area contributed by atoms with Gasteiger partial charge in [-0.25, -0.2) is 8.42 Å². The first kappa shape index (κ1) is 17.4. The molecule has 6 nitrogen and oxygen atoms in total. The standard InChI is InChI=1S/C15H15BrN2O4S/c16-11-4-12-17(13-5-2-1-3-6-13)23(21,22)15-9-7-14(8-10-15)18(19)20/h1-3,5-10H,4,11-12H2. The minimum absolute atomic E-state index is 0.0292. The second-order valence-corrected chi connectivity index (χ2v) is 7.36. The van der Waals surface area contributed by atoms with Crippen molar-refractivity contribution < 1.29 is 13.3 Å². The van der Waals surface area contributed by atoms with Crippen LogP contribution in [0.15, 0.2) is 59.5 Å². The number of nitro benzene ring substituents is 1. The molecule has 0 heterocycles. The first-order valence-corrected chi connectivity index (χ1v) is 9.41. The summed E-state index contributed by atoms with van der Waals surface area (Å²) in [6.07, 6.45) is 0.640. The lowest BCUT2D eigenvalue weighted by molar-refractivity contribution is -0.384. The highest BCUT2D eigenvalue weighted by atomic mass is 79.9. The maximum absolute atomic E-state index is 12.9. The van der Waals surface area contributed by atoms with Gasteiger partial charge >= 0.3 is 0 Å². The van der Waals surface area contributed by atoms with Gasteiger partial charge in [-0.05, 0) is 30.7 Å².